The molecule has 1 amide bonds. The second-order valence-electron chi connectivity index (χ2n) is 4.12. The van der Waals surface area contributed by atoms with Crippen LogP contribution in [0.5, 0.6) is 0 Å². The second-order valence-corrected chi connectivity index (χ2v) is 4.56. The quantitative estimate of drug-likeness (QED) is 0.836. The topological polar surface area (TPSA) is 75.6 Å². The van der Waals surface area contributed by atoms with Crippen LogP contribution in [0.15, 0.2) is 18.2 Å². The molecule has 0 heterocycles. The Bertz CT molecular complexity index is 476. The van der Waals surface area contributed by atoms with Crippen molar-refractivity contribution in [2.75, 3.05) is 13.7 Å². The van der Waals surface area contributed by atoms with Gasteiger partial charge in [0, 0.05) is 24.2 Å². The molecule has 6 heteroatoms. The molecular formula is C13H16ClNO4. The summed E-state index contributed by atoms with van der Waals surface area (Å²) in [5, 5.41) is 11.8. The number of aliphatic carboxylic acids is 1. The molecule has 104 valence electrons. The summed E-state index contributed by atoms with van der Waals surface area (Å²) in [7, 11) is 1.41. The highest BCUT2D eigenvalue weighted by Gasteiger charge is 2.15. The minimum atomic E-state index is -0.972. The lowest BCUT2D eigenvalue weighted by molar-refractivity contribution is -0.139. The third kappa shape index (κ3) is 4.89. The van der Waals surface area contributed by atoms with E-state index in [1.54, 1.807) is 25.1 Å². The van der Waals surface area contributed by atoms with Gasteiger partial charge >= 0.3 is 5.97 Å². The fourth-order valence-electron chi connectivity index (χ4n) is 1.57. The lowest BCUT2D eigenvalue weighted by Gasteiger charge is -2.14. The number of ether oxygens (including phenoxy) is 1. The Labute approximate surface area is 116 Å². The zero-order valence-electron chi connectivity index (χ0n) is 10.8. The highest BCUT2D eigenvalue weighted by Crippen LogP contribution is 2.15. The minimum absolute atomic E-state index is 0.133. The van der Waals surface area contributed by atoms with E-state index in [0.717, 1.165) is 5.56 Å². The van der Waals surface area contributed by atoms with E-state index in [2.05, 4.69) is 5.32 Å². The monoisotopic (exact) mass is 285 g/mol. The van der Waals surface area contributed by atoms with Gasteiger partial charge in [0.1, 0.15) is 0 Å². The van der Waals surface area contributed by atoms with Crippen LogP contribution in [0, 0.1) is 6.92 Å². The number of hydrogen-bond donors (Lipinski definition) is 2. The number of carboxylic acids is 1. The van der Waals surface area contributed by atoms with Gasteiger partial charge in [-0.3, -0.25) is 9.59 Å². The van der Waals surface area contributed by atoms with Crippen molar-refractivity contribution in [3.63, 3.8) is 0 Å². The number of aryl methyl sites for hydroxylation is 1. The van der Waals surface area contributed by atoms with Crippen LogP contribution in [0.4, 0.5) is 0 Å². The number of carboxylic acid groups (broad SMARTS) is 1. The molecule has 2 N–H and O–H groups in total. The summed E-state index contributed by atoms with van der Waals surface area (Å²) in [6.07, 6.45) is -0.716. The summed E-state index contributed by atoms with van der Waals surface area (Å²) in [4.78, 5) is 22.5. The summed E-state index contributed by atoms with van der Waals surface area (Å²) >= 11 is 5.84. The molecule has 19 heavy (non-hydrogen) atoms. The van der Waals surface area contributed by atoms with E-state index in [4.69, 9.17) is 21.4 Å². The van der Waals surface area contributed by atoms with Crippen LogP contribution >= 0.6 is 11.6 Å². The Morgan fingerprint density at radius 2 is 2.16 bits per heavy atom. The Morgan fingerprint density at radius 3 is 2.74 bits per heavy atom. The van der Waals surface area contributed by atoms with Gasteiger partial charge in [-0.05, 0) is 24.6 Å². The first-order valence-corrected chi connectivity index (χ1v) is 6.10. The zero-order chi connectivity index (χ0) is 14.4. The smallest absolute Gasteiger partial charge is 0.306 e. The van der Waals surface area contributed by atoms with Crippen LogP contribution in [-0.2, 0) is 9.53 Å². The van der Waals surface area contributed by atoms with Crippen molar-refractivity contribution < 1.29 is 19.4 Å². The number of methoxy groups -OCH3 is 1. The molecule has 0 saturated carbocycles. The first-order chi connectivity index (χ1) is 8.93. The lowest BCUT2D eigenvalue weighted by Crippen LogP contribution is -2.34. The fourth-order valence-corrected chi connectivity index (χ4v) is 1.75. The van der Waals surface area contributed by atoms with Crippen LogP contribution in [0.3, 0.4) is 0 Å². The molecule has 1 atom stereocenters. The predicted octanol–water partition coefficient (Wildman–Crippen LogP) is 1.87. The Morgan fingerprint density at radius 1 is 1.47 bits per heavy atom. The second kappa shape index (κ2) is 7.11. The van der Waals surface area contributed by atoms with E-state index in [-0.39, 0.29) is 18.9 Å². The summed E-state index contributed by atoms with van der Waals surface area (Å²) in [6.45, 7) is 1.93. The predicted molar refractivity (Wildman–Crippen MR) is 71.6 cm³/mol. The number of amides is 1. The molecule has 1 aromatic carbocycles. The fraction of sp³-hybridized carbons (Fsp3) is 0.385. The average molecular weight is 286 g/mol. The number of carbonyl (C=O) groups excluding carboxylic acids is 1. The maximum Gasteiger partial charge on any atom is 0.306 e. The zero-order valence-corrected chi connectivity index (χ0v) is 11.5. The molecule has 1 aromatic rings. The molecule has 1 rings (SSSR count). The first kappa shape index (κ1) is 15.5. The van der Waals surface area contributed by atoms with Crippen molar-refractivity contribution in [2.45, 2.75) is 19.4 Å². The highest BCUT2D eigenvalue weighted by molar-refractivity contribution is 6.31. The number of benzene rings is 1. The van der Waals surface area contributed by atoms with Gasteiger partial charge in [-0.2, -0.15) is 0 Å². The molecule has 0 aliphatic carbocycles. The number of halogens is 1. The molecule has 0 spiro atoms. The van der Waals surface area contributed by atoms with Crippen molar-refractivity contribution in [1.29, 1.82) is 0 Å². The van der Waals surface area contributed by atoms with Gasteiger partial charge in [0.15, 0.2) is 0 Å². The standard InChI is InChI=1S/C13H16ClNO4/c1-8-3-4-9(14)5-11(8)13(18)15-7-10(19-2)6-12(16)17/h3-5,10H,6-7H2,1-2H3,(H,15,18)(H,16,17). The van der Waals surface area contributed by atoms with E-state index in [9.17, 15) is 9.59 Å². The van der Waals surface area contributed by atoms with E-state index in [1.807, 2.05) is 0 Å². The maximum atomic E-state index is 12.0. The molecule has 0 aromatic heterocycles. The molecule has 1 unspecified atom stereocenters. The molecule has 5 nitrogen and oxygen atoms in total. The van der Waals surface area contributed by atoms with Crippen LogP contribution in [0.25, 0.3) is 0 Å². The summed E-state index contributed by atoms with van der Waals surface area (Å²) in [6, 6.07) is 5.03. The number of carbonyl (C=O) groups is 2. The van der Waals surface area contributed by atoms with Crippen molar-refractivity contribution in [3.8, 4) is 0 Å². The van der Waals surface area contributed by atoms with Gasteiger partial charge in [-0.15, -0.1) is 0 Å². The molecule has 0 bridgehead atoms. The van der Waals surface area contributed by atoms with Crippen LogP contribution in [0.1, 0.15) is 22.3 Å². The van der Waals surface area contributed by atoms with E-state index >= 15 is 0 Å². The van der Waals surface area contributed by atoms with Crippen molar-refractivity contribution in [3.05, 3.63) is 34.3 Å². The SMILES string of the molecule is COC(CNC(=O)c1cc(Cl)ccc1C)CC(=O)O. The van der Waals surface area contributed by atoms with Crippen LogP contribution < -0.4 is 5.32 Å². The van der Waals surface area contributed by atoms with Gasteiger partial charge in [-0.1, -0.05) is 17.7 Å². The van der Waals surface area contributed by atoms with Crippen molar-refractivity contribution >= 4 is 23.5 Å². The minimum Gasteiger partial charge on any atom is -0.481 e. The third-order valence-corrected chi connectivity index (χ3v) is 2.91. The van der Waals surface area contributed by atoms with Gasteiger partial charge in [-0.25, -0.2) is 0 Å². The highest BCUT2D eigenvalue weighted by atomic mass is 35.5. The number of hydrogen-bond acceptors (Lipinski definition) is 3. The van der Waals surface area contributed by atoms with Gasteiger partial charge in [0.2, 0.25) is 0 Å². The maximum absolute atomic E-state index is 12.0. The van der Waals surface area contributed by atoms with Crippen LogP contribution in [0.2, 0.25) is 5.02 Å². The normalized spacial score (nSPS) is 11.9. The number of nitrogens with one attached hydrogen (secondary N) is 1. The number of rotatable bonds is 6. The van der Waals surface area contributed by atoms with Gasteiger partial charge in [0.05, 0.1) is 12.5 Å². The third-order valence-electron chi connectivity index (χ3n) is 2.67. The largest absolute Gasteiger partial charge is 0.481 e. The summed E-state index contributed by atoms with van der Waals surface area (Å²) in [5.74, 6) is -1.27. The Balaban J connectivity index is 2.64. The van der Waals surface area contributed by atoms with E-state index in [1.165, 1.54) is 7.11 Å². The average Bonchev–Trinajstić information content (AvgIpc) is 2.36. The van der Waals surface area contributed by atoms with E-state index < -0.39 is 12.1 Å². The van der Waals surface area contributed by atoms with Gasteiger partial charge < -0.3 is 15.2 Å². The Hall–Kier alpha value is -1.59. The first-order valence-electron chi connectivity index (χ1n) is 5.73. The van der Waals surface area contributed by atoms with Gasteiger partial charge in [0.25, 0.3) is 5.91 Å². The summed E-state index contributed by atoms with van der Waals surface area (Å²) in [5.41, 5.74) is 1.27. The van der Waals surface area contributed by atoms with E-state index in [0.29, 0.717) is 10.6 Å². The molecule has 0 aliphatic rings. The molecule has 0 fully saturated rings. The van der Waals surface area contributed by atoms with Crippen molar-refractivity contribution in [1.82, 2.24) is 5.32 Å². The Kier molecular flexibility index (Phi) is 5.79. The van der Waals surface area contributed by atoms with Crippen molar-refractivity contribution in [2.24, 2.45) is 0 Å². The molecule has 0 radical (unpaired) electrons. The molecular weight excluding hydrogens is 270 g/mol. The molecule has 0 saturated heterocycles. The van der Waals surface area contributed by atoms with Crippen LogP contribution in [-0.4, -0.2) is 36.7 Å². The summed E-state index contributed by atoms with van der Waals surface area (Å²) < 4.78 is 4.98. The lowest BCUT2D eigenvalue weighted by atomic mass is 10.1. The molecule has 0 aliphatic heterocycles.